The summed E-state index contributed by atoms with van der Waals surface area (Å²) in [4.78, 5) is 6.96. The zero-order valence-corrected chi connectivity index (χ0v) is 13.1. The van der Waals surface area contributed by atoms with Gasteiger partial charge in [0, 0.05) is 26.2 Å². The van der Waals surface area contributed by atoms with Crippen LogP contribution < -0.4 is 5.32 Å². The number of hydrogen-bond acceptors (Lipinski definition) is 2. The van der Waals surface area contributed by atoms with E-state index in [-0.39, 0.29) is 6.10 Å². The third-order valence-corrected chi connectivity index (χ3v) is 4.64. The van der Waals surface area contributed by atoms with E-state index in [1.54, 1.807) is 0 Å². The summed E-state index contributed by atoms with van der Waals surface area (Å²) < 4.78 is 0. The van der Waals surface area contributed by atoms with Crippen molar-refractivity contribution in [3.8, 4) is 0 Å². The molecular weight excluding hydrogens is 250 g/mol. The van der Waals surface area contributed by atoms with Gasteiger partial charge in [-0.3, -0.25) is 4.99 Å². The number of aliphatic imine (C=N–C) groups is 1. The van der Waals surface area contributed by atoms with Crippen LogP contribution in [0.15, 0.2) is 4.99 Å². The monoisotopic (exact) mass is 281 g/mol. The lowest BCUT2D eigenvalue weighted by Crippen LogP contribution is -2.40. The van der Waals surface area contributed by atoms with E-state index in [1.807, 2.05) is 0 Å². The SMILES string of the molecule is CCNC(=NCCC1CCCC(C)C1)N1CC[C@@H](O)C1. The Labute approximate surface area is 123 Å². The van der Waals surface area contributed by atoms with Gasteiger partial charge in [0.15, 0.2) is 5.96 Å². The van der Waals surface area contributed by atoms with Crippen molar-refractivity contribution in [3.63, 3.8) is 0 Å². The quantitative estimate of drug-likeness (QED) is 0.614. The molecule has 2 aliphatic rings. The molecule has 1 heterocycles. The zero-order valence-electron chi connectivity index (χ0n) is 13.1. The number of nitrogens with one attached hydrogen (secondary N) is 1. The number of aliphatic hydroxyl groups is 1. The summed E-state index contributed by atoms with van der Waals surface area (Å²) in [6, 6.07) is 0. The molecule has 116 valence electrons. The molecule has 0 bridgehead atoms. The van der Waals surface area contributed by atoms with Crippen LogP contribution in [0.1, 0.15) is 52.4 Å². The molecule has 1 aliphatic carbocycles. The Morgan fingerprint density at radius 2 is 2.20 bits per heavy atom. The van der Waals surface area contributed by atoms with Gasteiger partial charge in [-0.1, -0.05) is 26.2 Å². The first-order chi connectivity index (χ1) is 9.69. The fraction of sp³-hybridized carbons (Fsp3) is 0.938. The molecule has 1 aliphatic heterocycles. The molecule has 0 aromatic rings. The normalized spacial score (nSPS) is 31.6. The summed E-state index contributed by atoms with van der Waals surface area (Å²) in [7, 11) is 0. The fourth-order valence-electron chi connectivity index (χ4n) is 3.53. The minimum absolute atomic E-state index is 0.182. The highest BCUT2D eigenvalue weighted by Gasteiger charge is 2.23. The van der Waals surface area contributed by atoms with Crippen molar-refractivity contribution in [1.82, 2.24) is 10.2 Å². The van der Waals surface area contributed by atoms with Gasteiger partial charge in [0.05, 0.1) is 6.10 Å². The maximum Gasteiger partial charge on any atom is 0.194 e. The summed E-state index contributed by atoms with van der Waals surface area (Å²) in [5.74, 6) is 2.77. The van der Waals surface area contributed by atoms with Gasteiger partial charge in [-0.15, -0.1) is 0 Å². The van der Waals surface area contributed by atoms with Crippen LogP contribution >= 0.6 is 0 Å². The first kappa shape index (κ1) is 15.6. The Morgan fingerprint density at radius 1 is 1.35 bits per heavy atom. The number of rotatable bonds is 4. The number of guanidine groups is 1. The predicted molar refractivity (Wildman–Crippen MR) is 83.9 cm³/mol. The van der Waals surface area contributed by atoms with Crippen molar-refractivity contribution >= 4 is 5.96 Å². The molecule has 0 aromatic carbocycles. The van der Waals surface area contributed by atoms with E-state index in [1.165, 1.54) is 32.1 Å². The van der Waals surface area contributed by atoms with Crippen LogP contribution in [0.3, 0.4) is 0 Å². The van der Waals surface area contributed by atoms with Gasteiger partial charge in [-0.05, 0) is 38.0 Å². The Kier molecular flexibility index (Phi) is 6.14. The van der Waals surface area contributed by atoms with E-state index in [0.717, 1.165) is 50.4 Å². The van der Waals surface area contributed by atoms with E-state index in [9.17, 15) is 5.11 Å². The molecule has 4 nitrogen and oxygen atoms in total. The van der Waals surface area contributed by atoms with E-state index in [0.29, 0.717) is 0 Å². The lowest BCUT2D eigenvalue weighted by Gasteiger charge is -2.26. The van der Waals surface area contributed by atoms with Crippen LogP contribution in [0.4, 0.5) is 0 Å². The van der Waals surface area contributed by atoms with Crippen LogP contribution in [0.2, 0.25) is 0 Å². The highest BCUT2D eigenvalue weighted by atomic mass is 16.3. The van der Waals surface area contributed by atoms with Crippen LogP contribution in [-0.4, -0.2) is 48.2 Å². The van der Waals surface area contributed by atoms with Crippen molar-refractivity contribution in [2.75, 3.05) is 26.2 Å². The molecule has 2 unspecified atom stereocenters. The smallest absolute Gasteiger partial charge is 0.194 e. The molecule has 2 rings (SSSR count). The number of likely N-dealkylation sites (tertiary alicyclic amines) is 1. The molecule has 2 fully saturated rings. The van der Waals surface area contributed by atoms with Gasteiger partial charge in [-0.2, -0.15) is 0 Å². The standard InChI is InChI=1S/C16H31N3O/c1-3-17-16(19-10-8-15(20)12-19)18-9-7-14-6-4-5-13(2)11-14/h13-15,20H,3-12H2,1-2H3,(H,17,18)/t13?,14?,15-/m1/s1. The Hall–Kier alpha value is -0.770. The lowest BCUT2D eigenvalue weighted by atomic mass is 9.81. The van der Waals surface area contributed by atoms with Crippen molar-refractivity contribution < 1.29 is 5.11 Å². The first-order valence-electron chi connectivity index (χ1n) is 8.40. The van der Waals surface area contributed by atoms with Crippen molar-refractivity contribution in [2.24, 2.45) is 16.8 Å². The van der Waals surface area contributed by atoms with Crippen molar-refractivity contribution in [1.29, 1.82) is 0 Å². The second-order valence-corrected chi connectivity index (χ2v) is 6.55. The third kappa shape index (κ3) is 4.65. The van der Waals surface area contributed by atoms with Crippen LogP contribution in [-0.2, 0) is 0 Å². The van der Waals surface area contributed by atoms with Crippen LogP contribution in [0, 0.1) is 11.8 Å². The Morgan fingerprint density at radius 3 is 2.85 bits per heavy atom. The van der Waals surface area contributed by atoms with E-state index in [4.69, 9.17) is 4.99 Å². The molecule has 1 saturated carbocycles. The fourth-order valence-corrected chi connectivity index (χ4v) is 3.53. The average Bonchev–Trinajstić information content (AvgIpc) is 2.84. The Bertz CT molecular complexity index is 319. The van der Waals surface area contributed by atoms with Gasteiger partial charge in [0.2, 0.25) is 0 Å². The minimum Gasteiger partial charge on any atom is -0.391 e. The minimum atomic E-state index is -0.182. The number of hydrogen-bond donors (Lipinski definition) is 2. The molecule has 20 heavy (non-hydrogen) atoms. The highest BCUT2D eigenvalue weighted by molar-refractivity contribution is 5.80. The molecule has 2 N–H and O–H groups in total. The Balaban J connectivity index is 1.79. The van der Waals surface area contributed by atoms with E-state index in [2.05, 4.69) is 24.1 Å². The van der Waals surface area contributed by atoms with Gasteiger partial charge >= 0.3 is 0 Å². The molecular formula is C16H31N3O. The van der Waals surface area contributed by atoms with E-state index >= 15 is 0 Å². The average molecular weight is 281 g/mol. The predicted octanol–water partition coefficient (Wildman–Crippen LogP) is 2.23. The zero-order chi connectivity index (χ0) is 14.4. The third-order valence-electron chi connectivity index (χ3n) is 4.64. The summed E-state index contributed by atoms with van der Waals surface area (Å²) in [5.41, 5.74) is 0. The largest absolute Gasteiger partial charge is 0.391 e. The second-order valence-electron chi connectivity index (χ2n) is 6.55. The van der Waals surface area contributed by atoms with Crippen LogP contribution in [0.25, 0.3) is 0 Å². The summed E-state index contributed by atoms with van der Waals surface area (Å²) in [5, 5.41) is 13.0. The van der Waals surface area contributed by atoms with Crippen molar-refractivity contribution in [2.45, 2.75) is 58.5 Å². The highest BCUT2D eigenvalue weighted by Crippen LogP contribution is 2.30. The summed E-state index contributed by atoms with van der Waals surface area (Å²) in [6.07, 6.45) is 7.48. The summed E-state index contributed by atoms with van der Waals surface area (Å²) in [6.45, 7) is 7.95. The van der Waals surface area contributed by atoms with Crippen molar-refractivity contribution in [3.05, 3.63) is 0 Å². The maximum absolute atomic E-state index is 9.65. The molecule has 4 heteroatoms. The molecule has 0 radical (unpaired) electrons. The molecule has 0 amide bonds. The summed E-state index contributed by atoms with van der Waals surface area (Å²) >= 11 is 0. The second kappa shape index (κ2) is 7.87. The van der Waals surface area contributed by atoms with Crippen LogP contribution in [0.5, 0.6) is 0 Å². The van der Waals surface area contributed by atoms with Gasteiger partial charge in [-0.25, -0.2) is 0 Å². The number of nitrogens with zero attached hydrogens (tertiary/aromatic N) is 2. The van der Waals surface area contributed by atoms with Gasteiger partial charge in [0.25, 0.3) is 0 Å². The van der Waals surface area contributed by atoms with Gasteiger partial charge in [0.1, 0.15) is 0 Å². The number of aliphatic hydroxyl groups excluding tert-OH is 1. The molecule has 1 saturated heterocycles. The molecule has 0 aromatic heterocycles. The first-order valence-corrected chi connectivity index (χ1v) is 8.40. The topological polar surface area (TPSA) is 47.9 Å². The molecule has 0 spiro atoms. The van der Waals surface area contributed by atoms with Gasteiger partial charge < -0.3 is 15.3 Å². The lowest BCUT2D eigenvalue weighted by molar-refractivity contribution is 0.187. The van der Waals surface area contributed by atoms with E-state index < -0.39 is 0 Å². The number of β-amino-alcohol motifs (C(OH)–C–C–N with tert-alkyl or cyclic N) is 1. The molecule has 3 atom stereocenters. The maximum atomic E-state index is 9.65.